The lowest BCUT2D eigenvalue weighted by Gasteiger charge is -2.15. The number of halogens is 2. The Morgan fingerprint density at radius 3 is 2.72 bits per heavy atom. The van der Waals surface area contributed by atoms with Gasteiger partial charge in [-0.25, -0.2) is 9.18 Å². The Morgan fingerprint density at radius 1 is 1.36 bits per heavy atom. The fourth-order valence-corrected chi connectivity index (χ4v) is 2.35. The van der Waals surface area contributed by atoms with Gasteiger partial charge in [-0.05, 0) is 28.9 Å². The van der Waals surface area contributed by atoms with E-state index in [9.17, 15) is 18.8 Å². The van der Waals surface area contributed by atoms with Crippen LogP contribution >= 0.6 is 15.9 Å². The number of anilines is 1. The molecule has 1 unspecified atom stereocenters. The molecule has 0 aliphatic heterocycles. The van der Waals surface area contributed by atoms with Crippen molar-refractivity contribution in [2.75, 3.05) is 10.7 Å². The van der Waals surface area contributed by atoms with Crippen molar-refractivity contribution in [1.82, 2.24) is 15.0 Å². The number of nitrogens with zero attached hydrogens (tertiary/aromatic N) is 2. The summed E-state index contributed by atoms with van der Waals surface area (Å²) in [6.07, 6.45) is 2.30. The topological polar surface area (TPSA) is 125 Å². The molecule has 2 aromatic heterocycles. The van der Waals surface area contributed by atoms with Gasteiger partial charge >= 0.3 is 6.09 Å². The maximum atomic E-state index is 13.1. The zero-order valence-corrected chi connectivity index (χ0v) is 14.4. The zero-order valence-electron chi connectivity index (χ0n) is 12.8. The highest BCUT2D eigenvalue weighted by Gasteiger charge is 2.20. The lowest BCUT2D eigenvalue weighted by molar-refractivity contribution is -0.118. The fraction of sp³-hybridized carbons (Fsp3) is 0.143. The first-order chi connectivity index (χ1) is 11.8. The van der Waals surface area contributed by atoms with Crippen molar-refractivity contribution >= 4 is 39.5 Å². The first kappa shape index (κ1) is 18.4. The summed E-state index contributed by atoms with van der Waals surface area (Å²) in [5.41, 5.74) is 2.55. The Balaban J connectivity index is 2.16. The van der Waals surface area contributed by atoms with Crippen LogP contribution in [0.1, 0.15) is 17.4 Å². The fourth-order valence-electron chi connectivity index (χ4n) is 1.86. The van der Waals surface area contributed by atoms with Gasteiger partial charge in [0.25, 0.3) is 11.8 Å². The number of aromatic nitrogens is 2. The SMILES string of the molecule is CC(NC(=O)O)C(=O)Nn1ccc(Br)c1C(=O)Nc1cncc(F)c1. The molecule has 0 aliphatic rings. The molecule has 9 nitrogen and oxygen atoms in total. The standard InChI is InChI=1S/C14H13BrFN5O4/c1-7(18-14(24)25)12(22)20-21-3-2-10(15)11(21)13(23)19-9-4-8(16)5-17-6-9/h2-7,18H,1H3,(H,19,23)(H,20,22)(H,24,25). The van der Waals surface area contributed by atoms with Crippen LogP contribution in [0.15, 0.2) is 35.2 Å². The highest BCUT2D eigenvalue weighted by molar-refractivity contribution is 9.10. The summed E-state index contributed by atoms with van der Waals surface area (Å²) < 4.78 is 14.6. The molecule has 2 rings (SSSR count). The van der Waals surface area contributed by atoms with Gasteiger partial charge in [0.15, 0.2) is 0 Å². The lowest BCUT2D eigenvalue weighted by Crippen LogP contribution is -2.43. The molecule has 2 heterocycles. The first-order valence-electron chi connectivity index (χ1n) is 6.87. The van der Waals surface area contributed by atoms with Crippen LogP contribution in [0.5, 0.6) is 0 Å². The van der Waals surface area contributed by atoms with E-state index in [2.05, 4.69) is 31.7 Å². The number of hydrogen-bond donors (Lipinski definition) is 4. The van der Waals surface area contributed by atoms with Crippen LogP contribution in [0.3, 0.4) is 0 Å². The van der Waals surface area contributed by atoms with Crippen molar-refractivity contribution in [3.05, 3.63) is 46.7 Å². The van der Waals surface area contributed by atoms with E-state index in [1.54, 1.807) is 0 Å². The van der Waals surface area contributed by atoms with Gasteiger partial charge in [0.05, 0.1) is 22.6 Å². The Bertz CT molecular complexity index is 825. The molecule has 25 heavy (non-hydrogen) atoms. The number of pyridine rings is 1. The van der Waals surface area contributed by atoms with Crippen molar-refractivity contribution < 1.29 is 23.9 Å². The summed E-state index contributed by atoms with van der Waals surface area (Å²) in [5.74, 6) is -1.93. The van der Waals surface area contributed by atoms with Crippen LogP contribution in [0, 0.1) is 5.82 Å². The number of nitrogens with one attached hydrogen (secondary N) is 3. The van der Waals surface area contributed by atoms with E-state index in [-0.39, 0.29) is 11.4 Å². The summed E-state index contributed by atoms with van der Waals surface area (Å²) in [7, 11) is 0. The maximum Gasteiger partial charge on any atom is 0.405 e. The predicted molar refractivity (Wildman–Crippen MR) is 89.3 cm³/mol. The van der Waals surface area contributed by atoms with Crippen LogP contribution in [-0.2, 0) is 4.79 Å². The third-order valence-electron chi connectivity index (χ3n) is 2.98. The van der Waals surface area contributed by atoms with E-state index in [0.717, 1.165) is 16.9 Å². The van der Waals surface area contributed by atoms with Crippen molar-refractivity contribution in [1.29, 1.82) is 0 Å². The summed E-state index contributed by atoms with van der Waals surface area (Å²) in [6.45, 7) is 1.35. The Hall–Kier alpha value is -2.95. The van der Waals surface area contributed by atoms with Gasteiger partial charge in [0.1, 0.15) is 17.6 Å². The Morgan fingerprint density at radius 2 is 2.08 bits per heavy atom. The minimum Gasteiger partial charge on any atom is -0.465 e. The number of carboxylic acid groups (broad SMARTS) is 1. The number of carbonyl (C=O) groups excluding carboxylic acids is 2. The zero-order chi connectivity index (χ0) is 18.6. The van der Waals surface area contributed by atoms with Gasteiger partial charge in [-0.1, -0.05) is 0 Å². The highest BCUT2D eigenvalue weighted by atomic mass is 79.9. The molecule has 132 valence electrons. The second-order valence-corrected chi connectivity index (χ2v) is 5.73. The molecule has 11 heteroatoms. The van der Waals surface area contributed by atoms with Crippen molar-refractivity contribution in [2.24, 2.45) is 0 Å². The third-order valence-corrected chi connectivity index (χ3v) is 3.62. The lowest BCUT2D eigenvalue weighted by atomic mass is 10.3. The summed E-state index contributed by atoms with van der Waals surface area (Å²) in [4.78, 5) is 38.5. The molecule has 3 amide bonds. The van der Waals surface area contributed by atoms with Gasteiger partial charge < -0.3 is 15.7 Å². The largest absolute Gasteiger partial charge is 0.465 e. The van der Waals surface area contributed by atoms with Crippen LogP contribution in [-0.4, -0.2) is 38.7 Å². The quantitative estimate of drug-likeness (QED) is 0.594. The first-order valence-corrected chi connectivity index (χ1v) is 7.66. The van der Waals surface area contributed by atoms with Gasteiger partial charge in [-0.2, -0.15) is 0 Å². The average Bonchev–Trinajstić information content (AvgIpc) is 2.87. The van der Waals surface area contributed by atoms with Crippen LogP contribution in [0.2, 0.25) is 0 Å². The molecular weight excluding hydrogens is 401 g/mol. The van der Waals surface area contributed by atoms with Crippen molar-refractivity contribution in [2.45, 2.75) is 13.0 Å². The predicted octanol–water partition coefficient (Wildman–Crippen LogP) is 1.76. The van der Waals surface area contributed by atoms with E-state index in [0.29, 0.717) is 4.47 Å². The molecule has 0 radical (unpaired) electrons. The minimum atomic E-state index is -1.35. The number of rotatable bonds is 5. The highest BCUT2D eigenvalue weighted by Crippen LogP contribution is 2.19. The molecule has 0 aliphatic carbocycles. The summed E-state index contributed by atoms with van der Waals surface area (Å²) in [6, 6.07) is 1.56. The Labute approximate surface area is 149 Å². The second kappa shape index (κ2) is 7.75. The van der Waals surface area contributed by atoms with Crippen LogP contribution < -0.4 is 16.1 Å². The normalized spacial score (nSPS) is 11.5. The summed E-state index contributed by atoms with van der Waals surface area (Å²) >= 11 is 3.18. The van der Waals surface area contributed by atoms with Crippen molar-refractivity contribution in [3.63, 3.8) is 0 Å². The molecule has 1 atom stereocenters. The number of hydrogen-bond acceptors (Lipinski definition) is 4. The minimum absolute atomic E-state index is 0.0279. The smallest absolute Gasteiger partial charge is 0.405 e. The molecular formula is C14H13BrFN5O4. The number of carbonyl (C=O) groups is 3. The molecule has 0 spiro atoms. The van der Waals surface area contributed by atoms with Crippen molar-refractivity contribution in [3.8, 4) is 0 Å². The van der Waals surface area contributed by atoms with E-state index in [4.69, 9.17) is 5.11 Å². The molecule has 0 saturated heterocycles. The van der Waals surface area contributed by atoms with E-state index >= 15 is 0 Å². The average molecular weight is 414 g/mol. The maximum absolute atomic E-state index is 13.1. The van der Waals surface area contributed by atoms with Gasteiger partial charge in [-0.3, -0.25) is 24.7 Å². The Kier molecular flexibility index (Phi) is 5.70. The van der Waals surface area contributed by atoms with E-state index in [1.807, 2.05) is 5.32 Å². The van der Waals surface area contributed by atoms with E-state index in [1.165, 1.54) is 25.4 Å². The molecule has 4 N–H and O–H groups in total. The number of amides is 3. The molecule has 0 fully saturated rings. The van der Waals surface area contributed by atoms with Crippen LogP contribution in [0.4, 0.5) is 14.9 Å². The van der Waals surface area contributed by atoms with Crippen LogP contribution in [0.25, 0.3) is 0 Å². The monoisotopic (exact) mass is 413 g/mol. The van der Waals surface area contributed by atoms with Gasteiger partial charge in [0, 0.05) is 12.3 Å². The molecule has 2 aromatic rings. The van der Waals surface area contributed by atoms with E-state index < -0.39 is 29.8 Å². The summed E-state index contributed by atoms with van der Waals surface area (Å²) in [5, 5.41) is 13.1. The second-order valence-electron chi connectivity index (χ2n) is 4.88. The van der Waals surface area contributed by atoms with Gasteiger partial charge in [0.2, 0.25) is 0 Å². The molecule has 0 aromatic carbocycles. The molecule has 0 saturated carbocycles. The molecule has 0 bridgehead atoms. The van der Waals surface area contributed by atoms with Gasteiger partial charge in [-0.15, -0.1) is 0 Å². The third kappa shape index (κ3) is 4.76.